The molecule has 0 fully saturated rings. The number of hydrogen-bond donors (Lipinski definition) is 1. The number of hydrogen-bond acceptors (Lipinski definition) is 4. The average Bonchev–Trinajstić information content (AvgIpc) is 3.10. The number of carbonyl (C=O) groups is 2. The van der Waals surface area contributed by atoms with Gasteiger partial charge in [0.2, 0.25) is 5.91 Å². The van der Waals surface area contributed by atoms with Crippen LogP contribution in [0.1, 0.15) is 61.5 Å². The van der Waals surface area contributed by atoms with Gasteiger partial charge < -0.3 is 14.8 Å². The van der Waals surface area contributed by atoms with E-state index in [1.54, 1.807) is 18.6 Å². The Morgan fingerprint density at radius 1 is 1.33 bits per heavy atom. The van der Waals surface area contributed by atoms with E-state index in [2.05, 4.69) is 29.1 Å². The van der Waals surface area contributed by atoms with Gasteiger partial charge >= 0.3 is 0 Å². The monoisotopic (exact) mass is 369 g/mol. The molecular weight excluding hydrogens is 342 g/mol. The first kappa shape index (κ1) is 19.1. The summed E-state index contributed by atoms with van der Waals surface area (Å²) in [6.45, 7) is 7.94. The Bertz CT molecular complexity index is 800. The highest BCUT2D eigenvalue weighted by molar-refractivity contribution is 5.92. The van der Waals surface area contributed by atoms with Crippen molar-refractivity contribution in [3.05, 3.63) is 47.8 Å². The van der Waals surface area contributed by atoms with Crippen molar-refractivity contribution in [3.8, 4) is 0 Å². The Kier molecular flexibility index (Phi) is 5.88. The van der Waals surface area contributed by atoms with Gasteiger partial charge in [0, 0.05) is 44.6 Å². The fourth-order valence-electron chi connectivity index (χ4n) is 3.27. The first-order chi connectivity index (χ1) is 13.0. The lowest BCUT2D eigenvalue weighted by Crippen LogP contribution is -2.41. The number of pyridine rings is 1. The molecule has 2 amide bonds. The van der Waals surface area contributed by atoms with Crippen LogP contribution < -0.4 is 5.32 Å². The number of nitrogens with one attached hydrogen (secondary N) is 1. The van der Waals surface area contributed by atoms with Crippen molar-refractivity contribution in [1.29, 1.82) is 0 Å². The average molecular weight is 369 g/mol. The third-order valence-electron chi connectivity index (χ3n) is 4.89. The molecule has 1 unspecified atom stereocenters. The second kappa shape index (κ2) is 8.33. The van der Waals surface area contributed by atoms with Gasteiger partial charge in [-0.2, -0.15) is 0 Å². The summed E-state index contributed by atoms with van der Waals surface area (Å²) >= 11 is 0. The van der Waals surface area contributed by atoms with Crippen LogP contribution in [0.25, 0.3) is 0 Å². The lowest BCUT2D eigenvalue weighted by Gasteiger charge is -2.34. The summed E-state index contributed by atoms with van der Waals surface area (Å²) in [6.07, 6.45) is 6.64. The van der Waals surface area contributed by atoms with Crippen molar-refractivity contribution in [1.82, 2.24) is 24.8 Å². The minimum absolute atomic E-state index is 0.127. The number of fused-ring (bicyclic) bond motifs is 1. The maximum atomic E-state index is 12.5. The molecule has 7 nitrogen and oxygen atoms in total. The number of aromatic nitrogens is 3. The fraction of sp³-hybridized carbons (Fsp3) is 0.500. The molecule has 144 valence electrons. The van der Waals surface area contributed by atoms with Crippen LogP contribution in [0.3, 0.4) is 0 Å². The minimum Gasteiger partial charge on any atom is -0.347 e. The molecule has 7 heteroatoms. The lowest BCUT2D eigenvalue weighted by molar-refractivity contribution is -0.134. The molecule has 1 aliphatic rings. The van der Waals surface area contributed by atoms with Crippen LogP contribution in [0.15, 0.2) is 30.7 Å². The summed E-state index contributed by atoms with van der Waals surface area (Å²) in [5.41, 5.74) is 1.32. The van der Waals surface area contributed by atoms with E-state index in [9.17, 15) is 9.59 Å². The predicted molar refractivity (Wildman–Crippen MR) is 102 cm³/mol. The molecular formula is C20H27N5O2. The summed E-state index contributed by atoms with van der Waals surface area (Å²) in [6, 6.07) is 3.62. The van der Waals surface area contributed by atoms with Gasteiger partial charge in [-0.25, -0.2) is 4.98 Å². The molecule has 1 aliphatic heterocycles. The van der Waals surface area contributed by atoms with Crippen molar-refractivity contribution in [3.63, 3.8) is 0 Å². The van der Waals surface area contributed by atoms with Crippen molar-refractivity contribution in [2.24, 2.45) is 5.92 Å². The van der Waals surface area contributed by atoms with E-state index in [-0.39, 0.29) is 17.9 Å². The summed E-state index contributed by atoms with van der Waals surface area (Å²) in [5.74, 6) is 1.22. The van der Waals surface area contributed by atoms with Gasteiger partial charge in [-0.05, 0) is 30.9 Å². The van der Waals surface area contributed by atoms with E-state index >= 15 is 0 Å². The van der Waals surface area contributed by atoms with Crippen LogP contribution >= 0.6 is 0 Å². The van der Waals surface area contributed by atoms with E-state index in [0.29, 0.717) is 37.7 Å². The van der Waals surface area contributed by atoms with E-state index in [4.69, 9.17) is 0 Å². The Morgan fingerprint density at radius 3 is 2.85 bits per heavy atom. The molecule has 1 atom stereocenters. The van der Waals surface area contributed by atoms with E-state index in [0.717, 1.165) is 17.8 Å². The van der Waals surface area contributed by atoms with Crippen LogP contribution in [-0.2, 0) is 17.9 Å². The number of rotatable bonds is 6. The second-order valence-electron chi connectivity index (χ2n) is 7.42. The molecule has 0 saturated carbocycles. The first-order valence-electron chi connectivity index (χ1n) is 9.49. The van der Waals surface area contributed by atoms with Crippen LogP contribution in [-0.4, -0.2) is 37.8 Å². The Morgan fingerprint density at radius 2 is 2.15 bits per heavy atom. The fourth-order valence-corrected chi connectivity index (χ4v) is 3.27. The first-order valence-corrected chi connectivity index (χ1v) is 9.49. The van der Waals surface area contributed by atoms with Gasteiger partial charge in [0.25, 0.3) is 5.91 Å². The molecule has 0 spiro atoms. The zero-order valence-electron chi connectivity index (χ0n) is 16.2. The lowest BCUT2D eigenvalue weighted by atomic mass is 10.1. The molecule has 0 saturated heterocycles. The van der Waals surface area contributed by atoms with Crippen LogP contribution in [0.4, 0.5) is 0 Å². The third-order valence-corrected chi connectivity index (χ3v) is 4.89. The van der Waals surface area contributed by atoms with Crippen molar-refractivity contribution in [2.75, 3.05) is 6.54 Å². The van der Waals surface area contributed by atoms with Crippen molar-refractivity contribution >= 4 is 11.8 Å². The Balaban J connectivity index is 1.65. The van der Waals surface area contributed by atoms with Crippen LogP contribution in [0.5, 0.6) is 0 Å². The Labute approximate surface area is 159 Å². The smallest absolute Gasteiger partial charge is 0.271 e. The molecule has 3 rings (SSSR count). The van der Waals surface area contributed by atoms with E-state index in [1.165, 1.54) is 0 Å². The summed E-state index contributed by atoms with van der Waals surface area (Å²) < 4.78 is 1.98. The van der Waals surface area contributed by atoms with Gasteiger partial charge in [0.1, 0.15) is 11.5 Å². The van der Waals surface area contributed by atoms with Crippen molar-refractivity contribution in [2.45, 2.75) is 52.7 Å². The highest BCUT2D eigenvalue weighted by Gasteiger charge is 2.30. The summed E-state index contributed by atoms with van der Waals surface area (Å²) in [7, 11) is 0. The van der Waals surface area contributed by atoms with Crippen molar-refractivity contribution < 1.29 is 9.59 Å². The van der Waals surface area contributed by atoms with Crippen LogP contribution in [0.2, 0.25) is 0 Å². The number of nitrogens with zero attached hydrogens (tertiary/aromatic N) is 4. The molecule has 2 aromatic rings. The van der Waals surface area contributed by atoms with Crippen LogP contribution in [0, 0.1) is 5.92 Å². The zero-order valence-corrected chi connectivity index (χ0v) is 16.2. The third kappa shape index (κ3) is 4.53. The van der Waals surface area contributed by atoms with E-state index in [1.807, 2.05) is 28.5 Å². The normalized spacial score (nSPS) is 16.3. The second-order valence-corrected chi connectivity index (χ2v) is 7.42. The number of imidazole rings is 1. The molecule has 1 N–H and O–H groups in total. The highest BCUT2D eigenvalue weighted by Crippen LogP contribution is 2.26. The molecule has 0 radical (unpaired) electrons. The molecule has 2 aromatic heterocycles. The molecule has 3 heterocycles. The largest absolute Gasteiger partial charge is 0.347 e. The molecule has 27 heavy (non-hydrogen) atoms. The number of carbonyl (C=O) groups excluding carboxylic acids is 2. The summed E-state index contributed by atoms with van der Waals surface area (Å²) in [5, 5.41) is 2.87. The van der Waals surface area contributed by atoms with Gasteiger partial charge in [0.05, 0.1) is 6.04 Å². The van der Waals surface area contributed by atoms with Gasteiger partial charge in [-0.3, -0.25) is 14.6 Å². The Hall–Kier alpha value is -2.70. The van der Waals surface area contributed by atoms with Gasteiger partial charge in [0.15, 0.2) is 0 Å². The minimum atomic E-state index is -0.217. The van der Waals surface area contributed by atoms with Gasteiger partial charge in [-0.1, -0.05) is 19.9 Å². The topological polar surface area (TPSA) is 80.1 Å². The zero-order chi connectivity index (χ0) is 19.4. The summed E-state index contributed by atoms with van der Waals surface area (Å²) in [4.78, 5) is 35.4. The molecule has 0 aromatic carbocycles. The highest BCUT2D eigenvalue weighted by atomic mass is 16.2. The SMILES string of the molecule is CC(C)CCC(=O)N1CCn2cc(C(=O)NCc3cccnc3)nc2C1C. The number of amides is 2. The van der Waals surface area contributed by atoms with Gasteiger partial charge in [-0.15, -0.1) is 0 Å². The maximum absolute atomic E-state index is 12.5. The quantitative estimate of drug-likeness (QED) is 0.849. The predicted octanol–water partition coefficient (Wildman–Crippen LogP) is 2.55. The standard InChI is InChI=1S/C20H27N5O2/c1-14(2)6-7-18(26)25-10-9-24-13-17(23-19(24)15(25)3)20(27)22-12-16-5-4-8-21-11-16/h4-5,8,11,13-15H,6-7,9-10,12H2,1-3H3,(H,22,27). The maximum Gasteiger partial charge on any atom is 0.271 e. The molecule has 0 aliphatic carbocycles. The van der Waals surface area contributed by atoms with E-state index < -0.39 is 0 Å². The molecule has 0 bridgehead atoms.